The molecule has 0 unspecified atom stereocenters. The molecule has 0 aliphatic carbocycles. The Kier molecular flexibility index (Phi) is 2.70. The van der Waals surface area contributed by atoms with Gasteiger partial charge in [0.1, 0.15) is 5.56 Å². The van der Waals surface area contributed by atoms with Crippen LogP contribution < -0.4 is 4.90 Å². The van der Waals surface area contributed by atoms with Gasteiger partial charge in [-0.1, -0.05) is 0 Å². The molecule has 1 aromatic heterocycles. The van der Waals surface area contributed by atoms with E-state index in [4.69, 9.17) is 5.11 Å². The van der Waals surface area contributed by atoms with Crippen LogP contribution in [-0.4, -0.2) is 27.9 Å². The van der Waals surface area contributed by atoms with E-state index in [2.05, 4.69) is 4.98 Å². The second kappa shape index (κ2) is 4.06. The van der Waals surface area contributed by atoms with Crippen molar-refractivity contribution in [3.63, 3.8) is 0 Å². The van der Waals surface area contributed by atoms with Gasteiger partial charge in [-0.2, -0.15) is 0 Å². The van der Waals surface area contributed by atoms with Gasteiger partial charge >= 0.3 is 5.97 Å². The predicted molar refractivity (Wildman–Crippen MR) is 62.1 cm³/mol. The fraction of sp³-hybridized carbons (Fsp3) is 0.167. The lowest BCUT2D eigenvalue weighted by Crippen LogP contribution is -2.33. The molecule has 0 aromatic carbocycles. The molecule has 0 saturated carbocycles. The average Bonchev–Trinajstić information content (AvgIpc) is 2.54. The summed E-state index contributed by atoms with van der Waals surface area (Å²) in [6, 6.07) is 2.74. The van der Waals surface area contributed by atoms with Crippen LogP contribution in [0.4, 0.5) is 5.82 Å². The minimum atomic E-state index is -1.24. The van der Waals surface area contributed by atoms with Crippen LogP contribution >= 0.6 is 0 Å². The quantitative estimate of drug-likeness (QED) is 0.786. The maximum absolute atomic E-state index is 11.9. The first kappa shape index (κ1) is 12.0. The van der Waals surface area contributed by atoms with Crippen molar-refractivity contribution in [2.45, 2.75) is 13.8 Å². The van der Waals surface area contributed by atoms with E-state index in [1.807, 2.05) is 0 Å². The highest BCUT2D eigenvalue weighted by atomic mass is 16.4. The molecule has 92 valence electrons. The lowest BCUT2D eigenvalue weighted by atomic mass is 10.2. The van der Waals surface area contributed by atoms with Gasteiger partial charge < -0.3 is 5.11 Å². The summed E-state index contributed by atoms with van der Waals surface area (Å²) < 4.78 is 0. The van der Waals surface area contributed by atoms with Gasteiger partial charge in [-0.05, 0) is 26.0 Å². The highest BCUT2D eigenvalue weighted by Gasteiger charge is 2.37. The van der Waals surface area contributed by atoms with Crippen LogP contribution in [0.3, 0.4) is 0 Å². The molecule has 6 heteroatoms. The molecule has 1 aliphatic rings. The first-order chi connectivity index (χ1) is 8.45. The van der Waals surface area contributed by atoms with Crippen LogP contribution in [0, 0.1) is 0 Å². The second-order valence-corrected chi connectivity index (χ2v) is 3.88. The maximum atomic E-state index is 11.9. The molecule has 1 aliphatic heterocycles. The number of aromatic carboxylic acids is 1. The van der Waals surface area contributed by atoms with Gasteiger partial charge in [-0.15, -0.1) is 0 Å². The summed E-state index contributed by atoms with van der Waals surface area (Å²) in [5.41, 5.74) is 0.436. The Bertz CT molecular complexity index is 580. The third-order valence-electron chi connectivity index (χ3n) is 2.84. The fourth-order valence-electron chi connectivity index (χ4n) is 1.68. The van der Waals surface area contributed by atoms with Gasteiger partial charge in [-0.3, -0.25) is 9.59 Å². The van der Waals surface area contributed by atoms with Crippen LogP contribution in [-0.2, 0) is 9.59 Å². The Balaban J connectivity index is 2.56. The minimum Gasteiger partial charge on any atom is -0.478 e. The lowest BCUT2D eigenvalue weighted by Gasteiger charge is -2.15. The molecule has 1 aromatic rings. The number of aromatic nitrogens is 1. The van der Waals surface area contributed by atoms with Gasteiger partial charge in [0.05, 0.1) is 0 Å². The predicted octanol–water partition coefficient (Wildman–Crippen LogP) is 0.989. The molecule has 2 rings (SSSR count). The van der Waals surface area contributed by atoms with Gasteiger partial charge in [0.2, 0.25) is 0 Å². The van der Waals surface area contributed by atoms with E-state index in [1.54, 1.807) is 0 Å². The van der Waals surface area contributed by atoms with Crippen molar-refractivity contribution in [1.82, 2.24) is 4.98 Å². The number of amides is 2. The Morgan fingerprint density at radius 2 is 1.78 bits per heavy atom. The second-order valence-electron chi connectivity index (χ2n) is 3.88. The first-order valence-electron chi connectivity index (χ1n) is 5.19. The number of carboxylic acids is 1. The number of hydrogen-bond acceptors (Lipinski definition) is 4. The van der Waals surface area contributed by atoms with E-state index in [0.29, 0.717) is 11.1 Å². The maximum Gasteiger partial charge on any atom is 0.339 e. The van der Waals surface area contributed by atoms with Crippen LogP contribution in [0.2, 0.25) is 0 Å². The van der Waals surface area contributed by atoms with Crippen molar-refractivity contribution in [2.24, 2.45) is 0 Å². The molecular weight excluding hydrogens is 236 g/mol. The highest BCUT2D eigenvalue weighted by molar-refractivity contribution is 6.33. The highest BCUT2D eigenvalue weighted by Crippen LogP contribution is 2.27. The number of hydrogen-bond donors (Lipinski definition) is 1. The van der Waals surface area contributed by atoms with Crippen molar-refractivity contribution < 1.29 is 19.5 Å². The number of pyridine rings is 1. The molecule has 18 heavy (non-hydrogen) atoms. The summed E-state index contributed by atoms with van der Waals surface area (Å²) in [6.07, 6.45) is 1.34. The molecular formula is C12H10N2O4. The smallest absolute Gasteiger partial charge is 0.339 e. The van der Waals surface area contributed by atoms with Crippen LogP contribution in [0.5, 0.6) is 0 Å². The molecule has 2 amide bonds. The monoisotopic (exact) mass is 246 g/mol. The first-order valence-corrected chi connectivity index (χ1v) is 5.19. The van der Waals surface area contributed by atoms with Gasteiger partial charge in [0.15, 0.2) is 5.82 Å². The molecule has 0 radical (unpaired) electrons. The SMILES string of the molecule is CC1=C(C)C(=O)N(c2ncccc2C(=O)O)C1=O. The molecule has 0 saturated heterocycles. The summed E-state index contributed by atoms with van der Waals surface area (Å²) in [7, 11) is 0. The van der Waals surface area contributed by atoms with E-state index in [0.717, 1.165) is 4.90 Å². The molecule has 0 spiro atoms. The largest absolute Gasteiger partial charge is 0.478 e. The number of imide groups is 1. The summed E-state index contributed by atoms with van der Waals surface area (Å²) in [5, 5.41) is 9.03. The average molecular weight is 246 g/mol. The summed E-state index contributed by atoms with van der Waals surface area (Å²) in [5.74, 6) is -2.44. The third kappa shape index (κ3) is 1.58. The lowest BCUT2D eigenvalue weighted by molar-refractivity contribution is -0.120. The Hall–Kier alpha value is -2.50. The molecule has 0 fully saturated rings. The standard InChI is InChI=1S/C12H10N2O4/c1-6-7(2)11(16)14(10(6)15)9-8(12(17)18)4-3-5-13-9/h3-5H,1-2H3,(H,17,18). The normalized spacial score (nSPS) is 15.6. The Morgan fingerprint density at radius 3 is 2.28 bits per heavy atom. The van der Waals surface area contributed by atoms with Crippen LogP contribution in [0.1, 0.15) is 24.2 Å². The van der Waals surface area contributed by atoms with Crippen molar-refractivity contribution >= 4 is 23.6 Å². The minimum absolute atomic E-state index is 0.142. The molecule has 2 heterocycles. The number of carbonyl (C=O) groups is 3. The van der Waals surface area contributed by atoms with Crippen LogP contribution in [0.15, 0.2) is 29.5 Å². The van der Waals surface area contributed by atoms with Crippen molar-refractivity contribution in [2.75, 3.05) is 4.90 Å². The number of carbonyl (C=O) groups excluding carboxylic acids is 2. The van der Waals surface area contributed by atoms with Crippen LogP contribution in [0.25, 0.3) is 0 Å². The molecule has 6 nitrogen and oxygen atoms in total. The zero-order chi connectivity index (χ0) is 13.4. The number of anilines is 1. The van der Waals surface area contributed by atoms with E-state index in [-0.39, 0.29) is 11.4 Å². The van der Waals surface area contributed by atoms with E-state index < -0.39 is 17.8 Å². The van der Waals surface area contributed by atoms with Crippen molar-refractivity contribution in [1.29, 1.82) is 0 Å². The van der Waals surface area contributed by atoms with Gasteiger partial charge in [0.25, 0.3) is 11.8 Å². The van der Waals surface area contributed by atoms with E-state index in [9.17, 15) is 14.4 Å². The zero-order valence-corrected chi connectivity index (χ0v) is 9.80. The third-order valence-corrected chi connectivity index (χ3v) is 2.84. The van der Waals surface area contributed by atoms with Gasteiger partial charge in [0, 0.05) is 17.3 Å². The number of rotatable bonds is 2. The van der Waals surface area contributed by atoms with E-state index >= 15 is 0 Å². The Labute approximate surface area is 103 Å². The summed E-state index contributed by atoms with van der Waals surface area (Å²) in [4.78, 5) is 39.5. The molecule has 0 bridgehead atoms. The fourth-order valence-corrected chi connectivity index (χ4v) is 1.68. The molecule has 1 N–H and O–H groups in total. The number of nitrogens with zero attached hydrogens (tertiary/aromatic N) is 2. The Morgan fingerprint density at radius 1 is 1.22 bits per heavy atom. The van der Waals surface area contributed by atoms with Crippen molar-refractivity contribution in [3.05, 3.63) is 35.0 Å². The van der Waals surface area contributed by atoms with Crippen molar-refractivity contribution in [3.8, 4) is 0 Å². The summed E-state index contributed by atoms with van der Waals surface area (Å²) >= 11 is 0. The topological polar surface area (TPSA) is 87.6 Å². The zero-order valence-electron chi connectivity index (χ0n) is 9.80. The molecule has 0 atom stereocenters. The van der Waals surface area contributed by atoms with Gasteiger partial charge in [-0.25, -0.2) is 14.7 Å². The van der Waals surface area contributed by atoms with E-state index in [1.165, 1.54) is 32.2 Å². The number of carboxylic acid groups (broad SMARTS) is 1. The summed E-state index contributed by atoms with van der Waals surface area (Å²) in [6.45, 7) is 3.05.